The van der Waals surface area contributed by atoms with E-state index in [-0.39, 0.29) is 18.4 Å². The van der Waals surface area contributed by atoms with Gasteiger partial charge in [0.25, 0.3) is 0 Å². The molecule has 1 saturated heterocycles. The topological polar surface area (TPSA) is 53.4 Å². The molecule has 7 heteroatoms. The Bertz CT molecular complexity index is 937. The molecule has 1 N–H and O–H groups in total. The maximum Gasteiger partial charge on any atom is 0.416 e. The molecule has 2 fully saturated rings. The summed E-state index contributed by atoms with van der Waals surface area (Å²) in [4.78, 5) is 19.4. The van der Waals surface area contributed by atoms with Crippen LogP contribution in [-0.2, 0) is 17.4 Å². The smallest absolute Gasteiger partial charge is 0.389 e. The third-order valence-corrected chi connectivity index (χ3v) is 6.69. The van der Waals surface area contributed by atoms with E-state index in [4.69, 9.17) is 0 Å². The first-order valence-corrected chi connectivity index (χ1v) is 11.4. The second-order valence-corrected chi connectivity index (χ2v) is 9.17. The average molecular weight is 447 g/mol. The van der Waals surface area contributed by atoms with Crippen LogP contribution in [0, 0.1) is 0 Å². The molecule has 0 bridgehead atoms. The van der Waals surface area contributed by atoms with E-state index in [0.29, 0.717) is 31.4 Å². The first-order valence-electron chi connectivity index (χ1n) is 11.4. The molecule has 1 atom stereocenters. The lowest BCUT2D eigenvalue weighted by molar-refractivity contribution is -0.139. The predicted molar refractivity (Wildman–Crippen MR) is 115 cm³/mol. The van der Waals surface area contributed by atoms with Crippen LogP contribution in [0.25, 0.3) is 0 Å². The normalized spacial score (nSPS) is 21.0. The number of likely N-dealkylation sites (tertiary alicyclic amines) is 1. The van der Waals surface area contributed by atoms with Crippen LogP contribution in [0.2, 0.25) is 0 Å². The van der Waals surface area contributed by atoms with E-state index in [1.807, 2.05) is 17.0 Å². The summed E-state index contributed by atoms with van der Waals surface area (Å²) in [6.45, 7) is 0.660. The predicted octanol–water partition coefficient (Wildman–Crippen LogP) is 5.44. The maximum atomic E-state index is 13.0. The average Bonchev–Trinajstić information content (AvgIpc) is 3.24. The van der Waals surface area contributed by atoms with Crippen LogP contribution in [0.4, 0.5) is 13.2 Å². The first-order chi connectivity index (χ1) is 15.2. The second kappa shape index (κ2) is 9.22. The van der Waals surface area contributed by atoms with Gasteiger partial charge < -0.3 is 10.0 Å². The number of pyridine rings is 1. The van der Waals surface area contributed by atoms with Crippen molar-refractivity contribution in [2.24, 2.45) is 0 Å². The van der Waals surface area contributed by atoms with E-state index in [1.54, 1.807) is 12.3 Å². The number of amides is 1. The molecule has 1 saturated carbocycles. The lowest BCUT2D eigenvalue weighted by atomic mass is 9.82. The van der Waals surface area contributed by atoms with E-state index in [1.165, 1.54) is 12.1 Å². The molecular weight excluding hydrogens is 417 g/mol. The molecule has 1 unspecified atom stereocenters. The Morgan fingerprint density at radius 3 is 2.56 bits per heavy atom. The summed E-state index contributed by atoms with van der Waals surface area (Å²) in [7, 11) is 0. The fourth-order valence-electron chi connectivity index (χ4n) is 4.97. The number of carbonyl (C=O) groups excluding carboxylic acids is 1. The van der Waals surface area contributed by atoms with E-state index in [9.17, 15) is 23.1 Å². The molecule has 0 spiro atoms. The SMILES string of the molecule is O=C(CC1(O)CCCCC1)N1CCCC1c1ccc(Cc2cccc(C(F)(F)F)c2)cn1. The number of nitrogens with zero attached hydrogens (tertiary/aromatic N) is 2. The van der Waals surface area contributed by atoms with Gasteiger partial charge in [-0.15, -0.1) is 0 Å². The maximum absolute atomic E-state index is 13.0. The van der Waals surface area contributed by atoms with Gasteiger partial charge in [-0.25, -0.2) is 0 Å². The van der Waals surface area contributed by atoms with Crippen molar-refractivity contribution in [3.05, 3.63) is 65.0 Å². The number of halogens is 3. The summed E-state index contributed by atoms with van der Waals surface area (Å²) in [5.74, 6) is -0.0215. The molecule has 2 aromatic rings. The highest BCUT2D eigenvalue weighted by Crippen LogP contribution is 2.36. The number of aromatic nitrogens is 1. The third kappa shape index (κ3) is 5.31. The molecule has 172 valence electrons. The molecule has 1 aromatic heterocycles. The summed E-state index contributed by atoms with van der Waals surface area (Å²) < 4.78 is 38.8. The number of hydrogen-bond acceptors (Lipinski definition) is 3. The van der Waals surface area contributed by atoms with Crippen molar-refractivity contribution in [2.45, 2.75) is 75.6 Å². The van der Waals surface area contributed by atoms with Gasteiger partial charge >= 0.3 is 6.18 Å². The fraction of sp³-hybridized carbons (Fsp3) is 0.520. The van der Waals surface area contributed by atoms with Crippen LogP contribution < -0.4 is 0 Å². The zero-order valence-corrected chi connectivity index (χ0v) is 18.1. The fourth-order valence-corrected chi connectivity index (χ4v) is 4.97. The van der Waals surface area contributed by atoms with Crippen molar-refractivity contribution < 1.29 is 23.1 Å². The van der Waals surface area contributed by atoms with Crippen LogP contribution in [0.1, 0.15) is 79.8 Å². The van der Waals surface area contributed by atoms with Crippen molar-refractivity contribution in [3.63, 3.8) is 0 Å². The first kappa shape index (κ1) is 22.8. The number of benzene rings is 1. The molecule has 1 aliphatic carbocycles. The lowest BCUT2D eigenvalue weighted by Crippen LogP contribution is -2.40. The van der Waals surface area contributed by atoms with Gasteiger partial charge in [-0.05, 0) is 55.4 Å². The van der Waals surface area contributed by atoms with E-state index >= 15 is 0 Å². The third-order valence-electron chi connectivity index (χ3n) is 6.69. The van der Waals surface area contributed by atoms with Crippen LogP contribution >= 0.6 is 0 Å². The van der Waals surface area contributed by atoms with Crippen molar-refractivity contribution in [1.82, 2.24) is 9.88 Å². The molecule has 4 rings (SSSR count). The Labute approximate surface area is 186 Å². The van der Waals surface area contributed by atoms with Gasteiger partial charge in [0.1, 0.15) is 0 Å². The van der Waals surface area contributed by atoms with Crippen molar-refractivity contribution >= 4 is 5.91 Å². The van der Waals surface area contributed by atoms with Gasteiger partial charge in [-0.3, -0.25) is 9.78 Å². The number of carbonyl (C=O) groups is 1. The standard InChI is InChI=1S/C25H29F3N2O2/c26-25(27,28)20-7-4-6-18(15-20)14-19-9-10-21(29-17-19)22-8-5-13-30(22)23(31)16-24(32)11-2-1-3-12-24/h4,6-7,9-10,15,17,22,32H,1-3,5,8,11-14,16H2. The summed E-state index contributed by atoms with van der Waals surface area (Å²) in [6, 6.07) is 8.96. The van der Waals surface area contributed by atoms with Crippen LogP contribution in [0.15, 0.2) is 42.6 Å². The Hall–Kier alpha value is -2.41. The van der Waals surface area contributed by atoms with Crippen molar-refractivity contribution in [3.8, 4) is 0 Å². The molecule has 1 amide bonds. The molecule has 4 nitrogen and oxygen atoms in total. The Kier molecular flexibility index (Phi) is 6.56. The van der Waals surface area contributed by atoms with E-state index in [2.05, 4.69) is 4.98 Å². The van der Waals surface area contributed by atoms with Crippen LogP contribution in [0.3, 0.4) is 0 Å². The number of hydrogen-bond donors (Lipinski definition) is 1. The van der Waals surface area contributed by atoms with Gasteiger partial charge in [-0.1, -0.05) is 43.5 Å². The quantitative estimate of drug-likeness (QED) is 0.665. The lowest BCUT2D eigenvalue weighted by Gasteiger charge is -2.34. The van der Waals surface area contributed by atoms with Crippen molar-refractivity contribution in [1.29, 1.82) is 0 Å². The number of aliphatic hydroxyl groups is 1. The summed E-state index contributed by atoms with van der Waals surface area (Å²) in [5, 5.41) is 10.8. The summed E-state index contributed by atoms with van der Waals surface area (Å²) >= 11 is 0. The van der Waals surface area contributed by atoms with Crippen molar-refractivity contribution in [2.75, 3.05) is 6.54 Å². The Balaban J connectivity index is 1.42. The molecule has 0 radical (unpaired) electrons. The minimum absolute atomic E-state index is 0.0215. The largest absolute Gasteiger partial charge is 0.416 e. The molecule has 2 heterocycles. The van der Waals surface area contributed by atoms with E-state index in [0.717, 1.165) is 49.4 Å². The number of alkyl halides is 3. The van der Waals surface area contributed by atoms with Gasteiger partial charge in [0.15, 0.2) is 0 Å². The second-order valence-electron chi connectivity index (χ2n) is 9.17. The monoisotopic (exact) mass is 446 g/mol. The molecule has 32 heavy (non-hydrogen) atoms. The van der Waals surface area contributed by atoms with Gasteiger partial charge in [0.2, 0.25) is 5.91 Å². The van der Waals surface area contributed by atoms with Crippen LogP contribution in [0.5, 0.6) is 0 Å². The Morgan fingerprint density at radius 1 is 1.09 bits per heavy atom. The molecular formula is C25H29F3N2O2. The van der Waals surface area contributed by atoms with Crippen LogP contribution in [-0.4, -0.2) is 33.0 Å². The highest BCUT2D eigenvalue weighted by Gasteiger charge is 2.37. The van der Waals surface area contributed by atoms with Gasteiger partial charge in [-0.2, -0.15) is 13.2 Å². The Morgan fingerprint density at radius 2 is 1.88 bits per heavy atom. The van der Waals surface area contributed by atoms with Gasteiger partial charge in [0.05, 0.1) is 29.3 Å². The highest BCUT2D eigenvalue weighted by atomic mass is 19.4. The highest BCUT2D eigenvalue weighted by molar-refractivity contribution is 5.78. The minimum Gasteiger partial charge on any atom is -0.389 e. The summed E-state index contributed by atoms with van der Waals surface area (Å²) in [5.41, 5.74) is 0.650. The zero-order valence-electron chi connectivity index (χ0n) is 18.1. The summed E-state index contributed by atoms with van der Waals surface area (Å²) in [6.07, 6.45) is 3.96. The van der Waals surface area contributed by atoms with Gasteiger partial charge in [0, 0.05) is 12.7 Å². The number of rotatable bonds is 5. The molecule has 2 aliphatic rings. The zero-order chi connectivity index (χ0) is 22.8. The molecule has 1 aromatic carbocycles. The molecule has 1 aliphatic heterocycles. The minimum atomic E-state index is -4.36. The van der Waals surface area contributed by atoms with E-state index < -0.39 is 17.3 Å².